The second-order valence-corrected chi connectivity index (χ2v) is 6.84. The molecule has 0 bridgehead atoms. The first-order valence-electron chi connectivity index (χ1n) is 8.22. The maximum absolute atomic E-state index is 12.8. The Kier molecular flexibility index (Phi) is 5.70. The zero-order valence-electron chi connectivity index (χ0n) is 13.5. The third-order valence-electron chi connectivity index (χ3n) is 4.06. The van der Waals surface area contributed by atoms with Crippen LogP contribution in [0.5, 0.6) is 0 Å². The number of nitrogens with zero attached hydrogens (tertiary/aromatic N) is 3. The number of para-hydroxylation sites is 1. The number of rotatable bonds is 6. The van der Waals surface area contributed by atoms with E-state index in [9.17, 15) is 4.79 Å². The predicted molar refractivity (Wildman–Crippen MR) is 94.3 cm³/mol. The fraction of sp³-hybridized carbons (Fsp3) is 0.529. The van der Waals surface area contributed by atoms with Crippen LogP contribution in [0.3, 0.4) is 0 Å². The number of morpholine rings is 1. The lowest BCUT2D eigenvalue weighted by Gasteiger charge is -2.26. The van der Waals surface area contributed by atoms with E-state index < -0.39 is 0 Å². The van der Waals surface area contributed by atoms with Crippen molar-refractivity contribution in [2.24, 2.45) is 0 Å². The maximum atomic E-state index is 12.8. The average molecular weight is 333 g/mol. The molecule has 0 amide bonds. The highest BCUT2D eigenvalue weighted by atomic mass is 32.2. The summed E-state index contributed by atoms with van der Waals surface area (Å²) in [5.41, 5.74) is 0.867. The van der Waals surface area contributed by atoms with Crippen molar-refractivity contribution in [3.63, 3.8) is 0 Å². The largest absolute Gasteiger partial charge is 0.379 e. The van der Waals surface area contributed by atoms with Gasteiger partial charge in [0, 0.05) is 26.2 Å². The summed E-state index contributed by atoms with van der Waals surface area (Å²) in [6.07, 6.45) is 0.956. The lowest BCUT2D eigenvalue weighted by atomic mass is 10.2. The van der Waals surface area contributed by atoms with Crippen LogP contribution in [-0.2, 0) is 11.3 Å². The molecule has 23 heavy (non-hydrogen) atoms. The normalized spacial score (nSPS) is 16.0. The highest BCUT2D eigenvalue weighted by Crippen LogP contribution is 2.17. The minimum absolute atomic E-state index is 0.0773. The molecular weight excluding hydrogens is 310 g/mol. The Bertz CT molecular complexity index is 711. The second-order valence-electron chi connectivity index (χ2n) is 5.61. The SMILES string of the molecule is CCSc1nc2ccccc2c(=O)n1CCCN1CCOCC1. The molecule has 1 aliphatic rings. The number of thioether (sulfide) groups is 1. The van der Waals surface area contributed by atoms with Gasteiger partial charge in [-0.2, -0.15) is 0 Å². The van der Waals surface area contributed by atoms with Crippen molar-refractivity contribution in [1.29, 1.82) is 0 Å². The summed E-state index contributed by atoms with van der Waals surface area (Å²) in [5.74, 6) is 0.911. The van der Waals surface area contributed by atoms with Crippen LogP contribution >= 0.6 is 11.8 Å². The summed E-state index contributed by atoms with van der Waals surface area (Å²) in [7, 11) is 0. The number of hydrogen-bond acceptors (Lipinski definition) is 5. The monoisotopic (exact) mass is 333 g/mol. The molecular formula is C17H23N3O2S. The van der Waals surface area contributed by atoms with E-state index in [1.165, 1.54) is 0 Å². The molecule has 2 heterocycles. The first kappa shape index (κ1) is 16.5. The molecule has 1 aliphatic heterocycles. The van der Waals surface area contributed by atoms with Crippen LogP contribution in [0, 0.1) is 0 Å². The molecule has 124 valence electrons. The smallest absolute Gasteiger partial charge is 0.262 e. The molecule has 0 spiro atoms. The lowest BCUT2D eigenvalue weighted by Crippen LogP contribution is -2.37. The number of benzene rings is 1. The van der Waals surface area contributed by atoms with Gasteiger partial charge in [-0.05, 0) is 24.3 Å². The molecule has 6 heteroatoms. The molecule has 1 aromatic carbocycles. The van der Waals surface area contributed by atoms with Crippen LogP contribution in [0.25, 0.3) is 10.9 Å². The van der Waals surface area contributed by atoms with Crippen LogP contribution in [-0.4, -0.2) is 53.1 Å². The van der Waals surface area contributed by atoms with Crippen LogP contribution < -0.4 is 5.56 Å². The lowest BCUT2D eigenvalue weighted by molar-refractivity contribution is 0.0368. The van der Waals surface area contributed by atoms with Gasteiger partial charge in [0.25, 0.3) is 5.56 Å². The second kappa shape index (κ2) is 7.95. The van der Waals surface area contributed by atoms with Crippen LogP contribution in [0.4, 0.5) is 0 Å². The molecule has 0 aliphatic carbocycles. The Morgan fingerprint density at radius 2 is 2.00 bits per heavy atom. The summed E-state index contributed by atoms with van der Waals surface area (Å²) >= 11 is 1.64. The number of ether oxygens (including phenoxy) is 1. The Hall–Kier alpha value is -1.37. The van der Waals surface area contributed by atoms with Crippen LogP contribution in [0.15, 0.2) is 34.2 Å². The Labute approximate surface area is 140 Å². The van der Waals surface area contributed by atoms with Crippen molar-refractivity contribution in [2.75, 3.05) is 38.6 Å². The van der Waals surface area contributed by atoms with E-state index >= 15 is 0 Å². The highest BCUT2D eigenvalue weighted by Gasteiger charge is 2.13. The Balaban J connectivity index is 1.78. The number of aromatic nitrogens is 2. The van der Waals surface area contributed by atoms with Crippen molar-refractivity contribution in [1.82, 2.24) is 14.5 Å². The van der Waals surface area contributed by atoms with E-state index in [2.05, 4.69) is 16.8 Å². The van der Waals surface area contributed by atoms with E-state index in [4.69, 9.17) is 4.74 Å². The van der Waals surface area contributed by atoms with Crippen LogP contribution in [0.1, 0.15) is 13.3 Å². The molecule has 1 fully saturated rings. The van der Waals surface area contributed by atoms with Gasteiger partial charge < -0.3 is 4.74 Å². The van der Waals surface area contributed by atoms with Gasteiger partial charge in [0.1, 0.15) is 0 Å². The molecule has 5 nitrogen and oxygen atoms in total. The standard InChI is InChI=1S/C17H23N3O2S/c1-2-23-17-18-15-7-4-3-6-14(15)16(21)20(17)9-5-8-19-10-12-22-13-11-19/h3-4,6-7H,2,5,8-13H2,1H3. The molecule has 0 radical (unpaired) electrons. The van der Waals surface area contributed by atoms with Crippen molar-refractivity contribution in [3.8, 4) is 0 Å². The van der Waals surface area contributed by atoms with E-state index in [0.717, 1.165) is 62.2 Å². The van der Waals surface area contributed by atoms with Crippen molar-refractivity contribution in [3.05, 3.63) is 34.6 Å². The van der Waals surface area contributed by atoms with Crippen molar-refractivity contribution in [2.45, 2.75) is 25.0 Å². The minimum Gasteiger partial charge on any atom is -0.379 e. The highest BCUT2D eigenvalue weighted by molar-refractivity contribution is 7.99. The molecule has 0 saturated carbocycles. The molecule has 0 N–H and O–H groups in total. The summed E-state index contributed by atoms with van der Waals surface area (Å²) in [4.78, 5) is 19.9. The molecule has 1 saturated heterocycles. The first-order chi connectivity index (χ1) is 11.3. The number of fused-ring (bicyclic) bond motifs is 1. The van der Waals surface area contributed by atoms with Gasteiger partial charge in [0.05, 0.1) is 24.1 Å². The zero-order chi connectivity index (χ0) is 16.1. The summed E-state index contributed by atoms with van der Waals surface area (Å²) in [6, 6.07) is 7.60. The van der Waals surface area contributed by atoms with Gasteiger partial charge in [0.2, 0.25) is 0 Å². The van der Waals surface area contributed by atoms with E-state index in [1.54, 1.807) is 11.8 Å². The van der Waals surface area contributed by atoms with E-state index in [-0.39, 0.29) is 5.56 Å². The zero-order valence-corrected chi connectivity index (χ0v) is 14.3. The van der Waals surface area contributed by atoms with Gasteiger partial charge >= 0.3 is 0 Å². The molecule has 0 atom stereocenters. The van der Waals surface area contributed by atoms with Gasteiger partial charge in [-0.25, -0.2) is 4.98 Å². The predicted octanol–water partition coefficient (Wildman–Crippen LogP) is 2.23. The molecule has 1 aromatic heterocycles. The van der Waals surface area contributed by atoms with Gasteiger partial charge in [0.15, 0.2) is 5.16 Å². The van der Waals surface area contributed by atoms with E-state index in [1.807, 2.05) is 28.8 Å². The summed E-state index contributed by atoms with van der Waals surface area (Å²) in [6.45, 7) is 7.41. The fourth-order valence-electron chi connectivity index (χ4n) is 2.86. The van der Waals surface area contributed by atoms with E-state index in [0.29, 0.717) is 5.39 Å². The average Bonchev–Trinajstić information content (AvgIpc) is 2.59. The quantitative estimate of drug-likeness (QED) is 0.599. The Morgan fingerprint density at radius 3 is 2.78 bits per heavy atom. The Morgan fingerprint density at radius 1 is 1.22 bits per heavy atom. The molecule has 3 rings (SSSR count). The van der Waals surface area contributed by atoms with Crippen molar-refractivity contribution < 1.29 is 4.74 Å². The van der Waals surface area contributed by atoms with Crippen molar-refractivity contribution >= 4 is 22.7 Å². The maximum Gasteiger partial charge on any atom is 0.262 e. The first-order valence-corrected chi connectivity index (χ1v) is 9.20. The summed E-state index contributed by atoms with van der Waals surface area (Å²) in [5, 5.41) is 1.54. The van der Waals surface area contributed by atoms with Crippen LogP contribution in [0.2, 0.25) is 0 Å². The number of hydrogen-bond donors (Lipinski definition) is 0. The third kappa shape index (κ3) is 3.94. The topological polar surface area (TPSA) is 47.4 Å². The minimum atomic E-state index is 0.0773. The fourth-order valence-corrected chi connectivity index (χ4v) is 3.61. The van der Waals surface area contributed by atoms with Gasteiger partial charge in [-0.3, -0.25) is 14.3 Å². The summed E-state index contributed by atoms with van der Waals surface area (Å²) < 4.78 is 7.22. The third-order valence-corrected chi connectivity index (χ3v) is 4.92. The van der Waals surface area contributed by atoms with Gasteiger partial charge in [-0.1, -0.05) is 30.8 Å². The molecule has 2 aromatic rings. The molecule has 0 unspecified atom stereocenters. The van der Waals surface area contributed by atoms with Gasteiger partial charge in [-0.15, -0.1) is 0 Å².